The summed E-state index contributed by atoms with van der Waals surface area (Å²) in [6, 6.07) is 0. The monoisotopic (exact) mass is 209 g/mol. The number of carboxylic acids is 1. The van der Waals surface area contributed by atoms with Gasteiger partial charge in [-0.2, -0.15) is 5.10 Å². The van der Waals surface area contributed by atoms with E-state index in [4.69, 9.17) is 5.11 Å². The Bertz CT molecular complexity index is 415. The SMILES string of the molecule is CC(C)(C)n1nc(C(=O)O)c2c1CNC2. The molecule has 1 aliphatic rings. The maximum Gasteiger partial charge on any atom is 0.356 e. The number of rotatable bonds is 1. The Morgan fingerprint density at radius 3 is 2.67 bits per heavy atom. The maximum absolute atomic E-state index is 11.0. The smallest absolute Gasteiger partial charge is 0.356 e. The molecule has 0 saturated heterocycles. The minimum Gasteiger partial charge on any atom is -0.476 e. The maximum atomic E-state index is 11.0. The van der Waals surface area contributed by atoms with Gasteiger partial charge >= 0.3 is 5.97 Å². The van der Waals surface area contributed by atoms with Crippen LogP contribution in [0.25, 0.3) is 0 Å². The van der Waals surface area contributed by atoms with E-state index in [1.807, 2.05) is 25.5 Å². The molecule has 82 valence electrons. The lowest BCUT2D eigenvalue weighted by Gasteiger charge is -2.21. The van der Waals surface area contributed by atoms with E-state index in [9.17, 15) is 4.79 Å². The largest absolute Gasteiger partial charge is 0.476 e. The number of fused-ring (bicyclic) bond motifs is 1. The third-order valence-corrected chi connectivity index (χ3v) is 2.52. The van der Waals surface area contributed by atoms with Gasteiger partial charge in [-0.3, -0.25) is 4.68 Å². The van der Waals surface area contributed by atoms with Gasteiger partial charge in [-0.25, -0.2) is 4.79 Å². The van der Waals surface area contributed by atoms with Gasteiger partial charge in [-0.05, 0) is 20.8 Å². The van der Waals surface area contributed by atoms with Crippen molar-refractivity contribution in [2.75, 3.05) is 0 Å². The topological polar surface area (TPSA) is 67.2 Å². The molecule has 0 bridgehead atoms. The van der Waals surface area contributed by atoms with Crippen molar-refractivity contribution in [3.8, 4) is 0 Å². The molecule has 0 saturated carbocycles. The quantitative estimate of drug-likeness (QED) is 0.722. The molecule has 0 aromatic carbocycles. The highest BCUT2D eigenvalue weighted by molar-refractivity contribution is 5.87. The van der Waals surface area contributed by atoms with Crippen LogP contribution in [-0.4, -0.2) is 20.9 Å². The third kappa shape index (κ3) is 1.52. The lowest BCUT2D eigenvalue weighted by Crippen LogP contribution is -2.26. The molecule has 0 radical (unpaired) electrons. The van der Waals surface area contributed by atoms with Crippen LogP contribution in [0.4, 0.5) is 0 Å². The lowest BCUT2D eigenvalue weighted by molar-refractivity contribution is 0.0687. The normalized spacial score (nSPS) is 15.4. The number of nitrogens with zero attached hydrogens (tertiary/aromatic N) is 2. The second-order valence-electron chi connectivity index (χ2n) is 4.77. The van der Waals surface area contributed by atoms with Gasteiger partial charge in [0, 0.05) is 18.7 Å². The number of aromatic nitrogens is 2. The summed E-state index contributed by atoms with van der Waals surface area (Å²) in [5, 5.41) is 16.4. The van der Waals surface area contributed by atoms with Crippen molar-refractivity contribution in [1.82, 2.24) is 15.1 Å². The third-order valence-electron chi connectivity index (χ3n) is 2.52. The Labute approximate surface area is 88.1 Å². The van der Waals surface area contributed by atoms with E-state index in [0.29, 0.717) is 13.1 Å². The molecule has 0 unspecified atom stereocenters. The molecule has 5 heteroatoms. The van der Waals surface area contributed by atoms with E-state index < -0.39 is 5.97 Å². The molecule has 1 aromatic rings. The molecule has 2 rings (SSSR count). The molecule has 2 N–H and O–H groups in total. The minimum absolute atomic E-state index is 0.177. The zero-order valence-electron chi connectivity index (χ0n) is 9.16. The van der Waals surface area contributed by atoms with E-state index in [2.05, 4.69) is 10.4 Å². The van der Waals surface area contributed by atoms with Crippen molar-refractivity contribution < 1.29 is 9.90 Å². The van der Waals surface area contributed by atoms with Crippen LogP contribution in [0.3, 0.4) is 0 Å². The van der Waals surface area contributed by atoms with Gasteiger partial charge in [0.15, 0.2) is 5.69 Å². The standard InChI is InChI=1S/C10H15N3O2/c1-10(2,3)13-7-5-11-4-6(7)8(12-13)9(14)15/h11H,4-5H2,1-3H3,(H,14,15). The van der Waals surface area contributed by atoms with Crippen molar-refractivity contribution >= 4 is 5.97 Å². The summed E-state index contributed by atoms with van der Waals surface area (Å²) >= 11 is 0. The molecule has 2 heterocycles. The number of nitrogens with one attached hydrogen (secondary N) is 1. The first kappa shape index (κ1) is 10.2. The minimum atomic E-state index is -0.946. The van der Waals surface area contributed by atoms with Crippen LogP contribution in [0.15, 0.2) is 0 Å². The summed E-state index contributed by atoms with van der Waals surface area (Å²) < 4.78 is 1.81. The number of hydrogen-bond donors (Lipinski definition) is 2. The zero-order valence-corrected chi connectivity index (χ0v) is 9.16. The Morgan fingerprint density at radius 2 is 2.13 bits per heavy atom. The van der Waals surface area contributed by atoms with Crippen LogP contribution in [0.5, 0.6) is 0 Å². The summed E-state index contributed by atoms with van der Waals surface area (Å²) in [6.07, 6.45) is 0. The summed E-state index contributed by atoms with van der Waals surface area (Å²) in [5.41, 5.74) is 1.84. The number of carbonyl (C=O) groups is 1. The van der Waals surface area contributed by atoms with Crippen molar-refractivity contribution in [2.24, 2.45) is 0 Å². The molecular weight excluding hydrogens is 194 g/mol. The highest BCUT2D eigenvalue weighted by atomic mass is 16.4. The number of carboxylic acid groups (broad SMARTS) is 1. The second kappa shape index (κ2) is 3.06. The average molecular weight is 209 g/mol. The van der Waals surface area contributed by atoms with Gasteiger partial charge in [0.05, 0.1) is 11.2 Å². The first-order chi connectivity index (χ1) is 6.91. The van der Waals surface area contributed by atoms with Crippen molar-refractivity contribution in [1.29, 1.82) is 0 Å². The molecule has 1 aliphatic heterocycles. The Kier molecular flexibility index (Phi) is 2.08. The van der Waals surface area contributed by atoms with Crippen molar-refractivity contribution in [3.05, 3.63) is 17.0 Å². The number of aromatic carboxylic acids is 1. The summed E-state index contributed by atoms with van der Waals surface area (Å²) in [4.78, 5) is 11.0. The predicted molar refractivity (Wildman–Crippen MR) is 54.7 cm³/mol. The van der Waals surface area contributed by atoms with Gasteiger partial charge in [-0.15, -0.1) is 0 Å². The Balaban J connectivity index is 2.59. The van der Waals surface area contributed by atoms with Crippen LogP contribution >= 0.6 is 0 Å². The lowest BCUT2D eigenvalue weighted by atomic mass is 10.1. The molecular formula is C10H15N3O2. The molecule has 5 nitrogen and oxygen atoms in total. The summed E-state index contributed by atoms with van der Waals surface area (Å²) in [7, 11) is 0. The number of hydrogen-bond acceptors (Lipinski definition) is 3. The summed E-state index contributed by atoms with van der Waals surface area (Å²) in [5.74, 6) is -0.946. The first-order valence-electron chi connectivity index (χ1n) is 4.96. The van der Waals surface area contributed by atoms with E-state index in [1.165, 1.54) is 0 Å². The summed E-state index contributed by atoms with van der Waals surface area (Å²) in [6.45, 7) is 7.36. The average Bonchev–Trinajstić information content (AvgIpc) is 2.57. The Morgan fingerprint density at radius 1 is 1.47 bits per heavy atom. The van der Waals surface area contributed by atoms with Crippen LogP contribution in [-0.2, 0) is 18.6 Å². The molecule has 15 heavy (non-hydrogen) atoms. The molecule has 0 fully saturated rings. The van der Waals surface area contributed by atoms with Gasteiger partial charge in [0.1, 0.15) is 0 Å². The van der Waals surface area contributed by atoms with Gasteiger partial charge in [0.25, 0.3) is 0 Å². The molecule has 1 aromatic heterocycles. The Hall–Kier alpha value is -1.36. The van der Waals surface area contributed by atoms with E-state index in [-0.39, 0.29) is 11.2 Å². The van der Waals surface area contributed by atoms with E-state index >= 15 is 0 Å². The molecule has 0 amide bonds. The van der Waals surface area contributed by atoms with Gasteiger partial charge in [0.2, 0.25) is 0 Å². The highest BCUT2D eigenvalue weighted by Gasteiger charge is 2.29. The zero-order chi connectivity index (χ0) is 11.2. The van der Waals surface area contributed by atoms with Crippen LogP contribution < -0.4 is 5.32 Å². The van der Waals surface area contributed by atoms with Gasteiger partial charge in [-0.1, -0.05) is 0 Å². The predicted octanol–water partition coefficient (Wildman–Crippen LogP) is 0.940. The fourth-order valence-electron chi connectivity index (χ4n) is 1.89. The highest BCUT2D eigenvalue weighted by Crippen LogP contribution is 2.25. The van der Waals surface area contributed by atoms with Crippen LogP contribution in [0.2, 0.25) is 0 Å². The molecule has 0 atom stereocenters. The molecule has 0 spiro atoms. The molecule has 0 aliphatic carbocycles. The van der Waals surface area contributed by atoms with Crippen molar-refractivity contribution in [3.63, 3.8) is 0 Å². The van der Waals surface area contributed by atoms with Crippen LogP contribution in [0.1, 0.15) is 42.5 Å². The van der Waals surface area contributed by atoms with Crippen LogP contribution in [0, 0.1) is 0 Å². The fourth-order valence-corrected chi connectivity index (χ4v) is 1.89. The van der Waals surface area contributed by atoms with Gasteiger partial charge < -0.3 is 10.4 Å². The first-order valence-corrected chi connectivity index (χ1v) is 4.96. The fraction of sp³-hybridized carbons (Fsp3) is 0.600. The van der Waals surface area contributed by atoms with Crippen molar-refractivity contribution in [2.45, 2.75) is 39.4 Å². The van der Waals surface area contributed by atoms with E-state index in [1.54, 1.807) is 0 Å². The van der Waals surface area contributed by atoms with E-state index in [0.717, 1.165) is 11.3 Å². The second-order valence-corrected chi connectivity index (χ2v) is 4.77.